The van der Waals surface area contributed by atoms with Gasteiger partial charge in [0.25, 0.3) is 0 Å². The van der Waals surface area contributed by atoms with E-state index in [4.69, 9.17) is 14.5 Å². The molecule has 1 saturated carbocycles. The Morgan fingerprint density at radius 2 is 1.90 bits per heavy atom. The van der Waals surface area contributed by atoms with Gasteiger partial charge in [0.05, 0.1) is 23.6 Å². The van der Waals surface area contributed by atoms with Crippen LogP contribution in [0.3, 0.4) is 0 Å². The first-order valence-corrected chi connectivity index (χ1v) is 14.7. The molecule has 3 heterocycles. The van der Waals surface area contributed by atoms with E-state index in [0.717, 1.165) is 32.1 Å². The van der Waals surface area contributed by atoms with Gasteiger partial charge in [-0.1, -0.05) is 40.5 Å². The van der Waals surface area contributed by atoms with Crippen molar-refractivity contribution in [3.05, 3.63) is 29.7 Å². The number of ketones is 1. The number of hydrogen-bond acceptors (Lipinski definition) is 7. The molecule has 0 unspecified atom stereocenters. The van der Waals surface area contributed by atoms with E-state index in [1.54, 1.807) is 6.07 Å². The van der Waals surface area contributed by atoms with Gasteiger partial charge in [-0.2, -0.15) is 0 Å². The smallest absolute Gasteiger partial charge is 0.408 e. The van der Waals surface area contributed by atoms with Crippen molar-refractivity contribution in [2.45, 2.75) is 104 Å². The van der Waals surface area contributed by atoms with Crippen molar-refractivity contribution < 1.29 is 28.2 Å². The summed E-state index contributed by atoms with van der Waals surface area (Å²) in [6.45, 7) is 11.0. The predicted octanol–water partition coefficient (Wildman–Crippen LogP) is 4.99. The molecule has 1 saturated heterocycles. The third-order valence-electron chi connectivity index (χ3n) is 8.94. The van der Waals surface area contributed by atoms with Crippen molar-refractivity contribution in [3.8, 4) is 5.88 Å². The number of nitrogens with one attached hydrogen (secondary N) is 1. The maximum absolute atomic E-state index is 14.1. The van der Waals surface area contributed by atoms with Crippen LogP contribution in [-0.4, -0.2) is 63.0 Å². The summed E-state index contributed by atoms with van der Waals surface area (Å²) >= 11 is 0. The van der Waals surface area contributed by atoms with Gasteiger partial charge in [-0.15, -0.1) is 0 Å². The highest BCUT2D eigenvalue weighted by atomic mass is 19.1. The van der Waals surface area contributed by atoms with Crippen molar-refractivity contribution in [2.24, 2.45) is 17.3 Å². The number of aryl methyl sites for hydroxylation is 1. The van der Waals surface area contributed by atoms with Crippen LogP contribution in [0.25, 0.3) is 11.0 Å². The van der Waals surface area contributed by atoms with Crippen LogP contribution in [-0.2, 0) is 20.7 Å². The fourth-order valence-corrected chi connectivity index (χ4v) is 6.37. The molecule has 1 aromatic heterocycles. The largest absolute Gasteiger partial charge is 0.471 e. The van der Waals surface area contributed by atoms with Gasteiger partial charge >= 0.3 is 6.09 Å². The molecule has 0 spiro atoms. The summed E-state index contributed by atoms with van der Waals surface area (Å²) in [4.78, 5) is 50.9. The third kappa shape index (κ3) is 6.02. The monoisotopic (exact) mass is 568 g/mol. The first kappa shape index (κ1) is 29.2. The predicted molar refractivity (Wildman–Crippen MR) is 151 cm³/mol. The summed E-state index contributed by atoms with van der Waals surface area (Å²) < 4.78 is 26.3. The number of rotatable bonds is 1. The zero-order valence-corrected chi connectivity index (χ0v) is 24.8. The number of halogens is 1. The summed E-state index contributed by atoms with van der Waals surface area (Å²) in [7, 11) is 0. The zero-order valence-electron chi connectivity index (χ0n) is 24.8. The number of benzene rings is 1. The second-order valence-electron chi connectivity index (χ2n) is 13.3. The number of nitrogens with zero attached hydrogens (tertiary/aromatic N) is 3. The van der Waals surface area contributed by atoms with Gasteiger partial charge in [-0.3, -0.25) is 9.59 Å². The highest BCUT2D eigenvalue weighted by Crippen LogP contribution is 2.49. The lowest BCUT2D eigenvalue weighted by Crippen LogP contribution is -2.57. The first-order valence-electron chi connectivity index (χ1n) is 14.7. The average molecular weight is 569 g/mol. The molecule has 9 nitrogen and oxygen atoms in total. The number of ether oxygens (including phenoxy) is 2. The highest BCUT2D eigenvalue weighted by molar-refractivity contribution is 5.92. The molecule has 1 aliphatic carbocycles. The second-order valence-corrected chi connectivity index (χ2v) is 13.3. The molecule has 1 N–H and O–H groups in total. The van der Waals surface area contributed by atoms with E-state index in [1.807, 2.05) is 34.6 Å². The van der Waals surface area contributed by atoms with E-state index >= 15 is 0 Å². The van der Waals surface area contributed by atoms with Crippen LogP contribution >= 0.6 is 0 Å². The number of carbonyl (C=O) groups is 3. The van der Waals surface area contributed by atoms with Crippen LogP contribution in [0, 0.1) is 23.1 Å². The Labute approximate surface area is 240 Å². The topological polar surface area (TPSA) is 111 Å². The van der Waals surface area contributed by atoms with E-state index in [9.17, 15) is 18.8 Å². The Kier molecular flexibility index (Phi) is 7.72. The quantitative estimate of drug-likeness (QED) is 0.516. The van der Waals surface area contributed by atoms with Crippen LogP contribution in [0.5, 0.6) is 5.88 Å². The van der Waals surface area contributed by atoms with Gasteiger partial charge in [-0.05, 0) is 57.1 Å². The minimum absolute atomic E-state index is 0.135. The van der Waals surface area contributed by atoms with Crippen molar-refractivity contribution in [1.29, 1.82) is 0 Å². The lowest BCUT2D eigenvalue weighted by Gasteiger charge is -2.35. The van der Waals surface area contributed by atoms with Crippen LogP contribution in [0.4, 0.5) is 9.18 Å². The maximum atomic E-state index is 14.1. The average Bonchev–Trinajstić information content (AvgIpc) is 3.39. The molecular weight excluding hydrogens is 527 g/mol. The Bertz CT molecular complexity index is 1360. The fourth-order valence-electron chi connectivity index (χ4n) is 6.37. The second kappa shape index (κ2) is 10.8. The van der Waals surface area contributed by atoms with Crippen LogP contribution in [0.15, 0.2) is 18.2 Å². The molecular formula is C31H41FN4O5. The molecule has 41 heavy (non-hydrogen) atoms. The molecule has 6 atom stereocenters. The summed E-state index contributed by atoms with van der Waals surface area (Å²) in [5.41, 5.74) is 0.460. The van der Waals surface area contributed by atoms with E-state index in [-0.39, 0.29) is 30.1 Å². The molecule has 1 aromatic carbocycles. The first-order chi connectivity index (χ1) is 19.3. The standard InChI is InChI=1S/C31H41FN4O5/c1-17-24-16-36(25(17)18(2)37)28(38)26(30(3,4)5)35-29(39)41-31(6)15-19(31)10-8-7-9-11-22-27(40-24)34-23-14-20(32)12-13-21(23)33-22/h12-14,17,19,24-26H,7-11,15-16H2,1-6H3,(H,35,39)/t17-,19-,24+,25+,26-,31-/m1/s1. The summed E-state index contributed by atoms with van der Waals surface area (Å²) in [6.07, 6.45) is 3.98. The highest BCUT2D eigenvalue weighted by Gasteiger charge is 2.54. The lowest BCUT2D eigenvalue weighted by atomic mass is 9.85. The number of hydrogen-bond donors (Lipinski definition) is 1. The molecule has 10 heteroatoms. The van der Waals surface area contributed by atoms with Gasteiger partial charge in [0, 0.05) is 17.9 Å². The molecule has 2 fully saturated rings. The Morgan fingerprint density at radius 3 is 2.61 bits per heavy atom. The molecule has 2 bridgehead atoms. The number of carbonyl (C=O) groups excluding carboxylic acids is 3. The fraction of sp³-hybridized carbons (Fsp3) is 0.645. The normalized spacial score (nSPS) is 31.2. The number of fused-ring (bicyclic) bond motifs is 5. The Balaban J connectivity index is 1.52. The van der Waals surface area contributed by atoms with E-state index in [1.165, 1.54) is 24.0 Å². The van der Waals surface area contributed by atoms with Gasteiger partial charge in [0.15, 0.2) is 5.78 Å². The molecule has 2 aliphatic heterocycles. The molecule has 0 radical (unpaired) electrons. The van der Waals surface area contributed by atoms with E-state index in [2.05, 4.69) is 10.3 Å². The molecule has 5 rings (SSSR count). The lowest BCUT2D eigenvalue weighted by molar-refractivity contribution is -0.141. The number of amides is 2. The molecule has 222 valence electrons. The van der Waals surface area contributed by atoms with Gasteiger partial charge < -0.3 is 19.7 Å². The number of aromatic nitrogens is 2. The van der Waals surface area contributed by atoms with E-state index in [0.29, 0.717) is 29.0 Å². The van der Waals surface area contributed by atoms with Crippen LogP contribution < -0.4 is 10.1 Å². The van der Waals surface area contributed by atoms with Crippen molar-refractivity contribution in [1.82, 2.24) is 20.2 Å². The van der Waals surface area contributed by atoms with E-state index < -0.39 is 41.1 Å². The molecule has 2 amide bonds. The minimum Gasteiger partial charge on any atom is -0.471 e. The van der Waals surface area contributed by atoms with Crippen LogP contribution in [0.1, 0.15) is 79.3 Å². The number of alkyl carbamates (subject to hydrolysis) is 1. The maximum Gasteiger partial charge on any atom is 0.408 e. The third-order valence-corrected chi connectivity index (χ3v) is 8.94. The SMILES string of the molecule is CC(=O)[C@@H]1[C@H](C)[C@@H]2CN1C(=O)[C@H](C(C)(C)C)NC(=O)O[C@]1(C)C[C@H]1CCCCCc1nc3ccc(F)cc3nc1O2. The van der Waals surface area contributed by atoms with Gasteiger partial charge in [0.2, 0.25) is 11.8 Å². The molecule has 2 aromatic rings. The Hall–Kier alpha value is -3.30. The van der Waals surface area contributed by atoms with Crippen molar-refractivity contribution >= 4 is 28.8 Å². The van der Waals surface area contributed by atoms with Gasteiger partial charge in [-0.25, -0.2) is 19.2 Å². The zero-order chi connectivity index (χ0) is 29.7. The summed E-state index contributed by atoms with van der Waals surface area (Å²) in [6, 6.07) is 2.65. The molecule has 3 aliphatic rings. The summed E-state index contributed by atoms with van der Waals surface area (Å²) in [5, 5.41) is 2.83. The minimum atomic E-state index is -0.915. The van der Waals surface area contributed by atoms with Crippen LogP contribution in [0.2, 0.25) is 0 Å². The summed E-state index contributed by atoms with van der Waals surface area (Å²) in [5.74, 6) is -0.721. The van der Waals surface area contributed by atoms with Gasteiger partial charge in [0.1, 0.15) is 29.3 Å². The number of Topliss-reactive ketones (excluding diaryl/α,β-unsaturated/α-hetero) is 1. The van der Waals surface area contributed by atoms with Crippen molar-refractivity contribution in [2.75, 3.05) is 6.54 Å². The Morgan fingerprint density at radius 1 is 1.15 bits per heavy atom. The van der Waals surface area contributed by atoms with Crippen molar-refractivity contribution in [3.63, 3.8) is 0 Å².